The third-order valence-corrected chi connectivity index (χ3v) is 7.21. The van der Waals surface area contributed by atoms with Gasteiger partial charge in [0.25, 0.3) is 0 Å². The van der Waals surface area contributed by atoms with Crippen LogP contribution in [0.1, 0.15) is 16.1 Å². The van der Waals surface area contributed by atoms with Gasteiger partial charge in [-0.15, -0.1) is 0 Å². The lowest BCUT2D eigenvalue weighted by atomic mass is 10.1. The van der Waals surface area contributed by atoms with Crippen molar-refractivity contribution in [3.05, 3.63) is 149 Å². The minimum atomic E-state index is -0.235. The lowest BCUT2D eigenvalue weighted by Crippen LogP contribution is -1.99. The highest BCUT2D eigenvalue weighted by molar-refractivity contribution is 6.42. The molecule has 6 heteroatoms. The van der Waals surface area contributed by atoms with Gasteiger partial charge in [0.15, 0.2) is 5.76 Å². The van der Waals surface area contributed by atoms with Gasteiger partial charge in [0.1, 0.15) is 5.76 Å². The molecule has 4 aromatic carbocycles. The van der Waals surface area contributed by atoms with Gasteiger partial charge in [0.2, 0.25) is 5.78 Å². The van der Waals surface area contributed by atoms with Crippen molar-refractivity contribution in [3.8, 4) is 39.5 Å². The van der Waals surface area contributed by atoms with E-state index in [0.29, 0.717) is 15.8 Å². The maximum atomic E-state index is 12.8. The highest BCUT2D eigenvalue weighted by atomic mass is 35.5. The first-order valence-corrected chi connectivity index (χ1v) is 13.4. The summed E-state index contributed by atoms with van der Waals surface area (Å²) in [7, 11) is 0. The Labute approximate surface area is 241 Å². The van der Waals surface area contributed by atoms with Crippen molar-refractivity contribution in [2.75, 3.05) is 0 Å². The molecule has 0 aliphatic rings. The molecular weight excluding hydrogens is 539 g/mol. The average Bonchev–Trinajstić information content (AvgIpc) is 3.67. The summed E-state index contributed by atoms with van der Waals surface area (Å²) in [6.07, 6.45) is 3.27. The maximum Gasteiger partial charge on any atom is 0.221 e. The first kappa shape index (κ1) is 25.6. The number of allylic oxidation sites excluding steroid dienone is 1. The summed E-state index contributed by atoms with van der Waals surface area (Å²) in [5, 5.41) is 5.81. The SMILES string of the molecule is O=C(C=Cc1ccc(-n2nc(-c3ccccc3)cc2-c2ccccc2)cc1)c1ccc(-c2ccc(Cl)c(Cl)c2)o1. The van der Waals surface area contributed by atoms with Crippen LogP contribution in [-0.2, 0) is 0 Å². The number of ketones is 1. The fraction of sp³-hybridized carbons (Fsp3) is 0. The molecule has 0 N–H and O–H groups in total. The van der Waals surface area contributed by atoms with Crippen LogP contribution in [0.25, 0.3) is 45.6 Å². The molecule has 6 rings (SSSR count). The van der Waals surface area contributed by atoms with Crippen molar-refractivity contribution in [1.29, 1.82) is 0 Å². The van der Waals surface area contributed by atoms with E-state index >= 15 is 0 Å². The molecule has 0 fully saturated rings. The minimum absolute atomic E-state index is 0.235. The van der Waals surface area contributed by atoms with E-state index in [4.69, 9.17) is 32.7 Å². The van der Waals surface area contributed by atoms with Crippen LogP contribution in [0.15, 0.2) is 132 Å². The first-order chi connectivity index (χ1) is 19.5. The van der Waals surface area contributed by atoms with Gasteiger partial charge < -0.3 is 4.42 Å². The lowest BCUT2D eigenvalue weighted by molar-refractivity contribution is 0.102. The molecule has 0 saturated heterocycles. The Kier molecular flexibility index (Phi) is 7.19. The number of furan rings is 1. The van der Waals surface area contributed by atoms with Crippen molar-refractivity contribution in [2.45, 2.75) is 0 Å². The van der Waals surface area contributed by atoms with Crippen LogP contribution in [0.4, 0.5) is 0 Å². The zero-order valence-corrected chi connectivity index (χ0v) is 22.7. The second-order valence-corrected chi connectivity index (χ2v) is 9.95. The number of rotatable bonds is 7. The molecule has 2 heterocycles. The highest BCUT2D eigenvalue weighted by Gasteiger charge is 2.14. The van der Waals surface area contributed by atoms with Crippen LogP contribution >= 0.6 is 23.2 Å². The van der Waals surface area contributed by atoms with Crippen LogP contribution in [0, 0.1) is 0 Å². The molecule has 0 amide bonds. The summed E-state index contributed by atoms with van der Waals surface area (Å²) in [4.78, 5) is 12.8. The number of hydrogen-bond donors (Lipinski definition) is 0. The predicted octanol–water partition coefficient (Wildman–Crippen LogP) is 9.67. The molecule has 0 spiro atoms. The number of carbonyl (C=O) groups is 1. The van der Waals surface area contributed by atoms with Gasteiger partial charge in [-0.05, 0) is 60.2 Å². The Morgan fingerprint density at radius 1 is 0.700 bits per heavy atom. The van der Waals surface area contributed by atoms with Crippen molar-refractivity contribution >= 4 is 35.1 Å². The number of nitrogens with zero attached hydrogens (tertiary/aromatic N) is 2. The smallest absolute Gasteiger partial charge is 0.221 e. The average molecular weight is 561 g/mol. The Morgan fingerprint density at radius 2 is 1.40 bits per heavy atom. The van der Waals surface area contributed by atoms with E-state index in [-0.39, 0.29) is 11.5 Å². The van der Waals surface area contributed by atoms with Crippen LogP contribution in [0.5, 0.6) is 0 Å². The van der Waals surface area contributed by atoms with Crippen LogP contribution in [0.3, 0.4) is 0 Å². The molecule has 0 unspecified atom stereocenters. The van der Waals surface area contributed by atoms with Gasteiger partial charge in [-0.1, -0.05) is 102 Å². The highest BCUT2D eigenvalue weighted by Crippen LogP contribution is 2.31. The Balaban J connectivity index is 1.23. The Bertz CT molecular complexity index is 1820. The molecule has 194 valence electrons. The summed E-state index contributed by atoms with van der Waals surface area (Å²) in [5.41, 5.74) is 6.56. The largest absolute Gasteiger partial charge is 0.453 e. The molecular formula is C34H22Cl2N2O2. The molecule has 40 heavy (non-hydrogen) atoms. The van der Waals surface area contributed by atoms with Crippen LogP contribution in [0.2, 0.25) is 10.0 Å². The van der Waals surface area contributed by atoms with Gasteiger partial charge in [0.05, 0.1) is 27.1 Å². The zero-order valence-electron chi connectivity index (χ0n) is 21.2. The number of aromatic nitrogens is 2. The Hall–Kier alpha value is -4.64. The van der Waals surface area contributed by atoms with Gasteiger partial charge in [-0.25, -0.2) is 4.68 Å². The molecule has 0 bridgehead atoms. The van der Waals surface area contributed by atoms with Crippen LogP contribution < -0.4 is 0 Å². The Morgan fingerprint density at radius 3 is 2.10 bits per heavy atom. The molecule has 0 radical (unpaired) electrons. The summed E-state index contributed by atoms with van der Waals surface area (Å²) in [5.74, 6) is 0.552. The van der Waals surface area contributed by atoms with E-state index in [1.807, 2.05) is 65.3 Å². The molecule has 2 aromatic heterocycles. The fourth-order valence-electron chi connectivity index (χ4n) is 4.40. The van der Waals surface area contributed by atoms with Crippen molar-refractivity contribution in [2.24, 2.45) is 0 Å². The lowest BCUT2D eigenvalue weighted by Gasteiger charge is -2.08. The number of carbonyl (C=O) groups excluding carboxylic acids is 1. The van der Waals surface area contributed by atoms with Crippen molar-refractivity contribution < 1.29 is 9.21 Å². The maximum absolute atomic E-state index is 12.8. The molecule has 0 atom stereocenters. The molecule has 6 aromatic rings. The quantitative estimate of drug-likeness (QED) is 0.144. The summed E-state index contributed by atoms with van der Waals surface area (Å²) >= 11 is 12.1. The first-order valence-electron chi connectivity index (χ1n) is 12.6. The zero-order chi connectivity index (χ0) is 27.5. The summed E-state index contributed by atoms with van der Waals surface area (Å²) < 4.78 is 7.72. The number of hydrogen-bond acceptors (Lipinski definition) is 3. The number of benzene rings is 4. The summed E-state index contributed by atoms with van der Waals surface area (Å²) in [6.45, 7) is 0. The topological polar surface area (TPSA) is 48.0 Å². The van der Waals surface area contributed by atoms with Crippen molar-refractivity contribution in [1.82, 2.24) is 9.78 Å². The van der Waals surface area contributed by atoms with E-state index in [1.165, 1.54) is 6.08 Å². The summed E-state index contributed by atoms with van der Waals surface area (Å²) in [6, 6.07) is 38.9. The predicted molar refractivity (Wildman–Crippen MR) is 162 cm³/mol. The molecule has 0 saturated carbocycles. The van der Waals surface area contributed by atoms with Crippen molar-refractivity contribution in [3.63, 3.8) is 0 Å². The number of halogens is 2. The molecule has 0 aliphatic heterocycles. The fourth-order valence-corrected chi connectivity index (χ4v) is 4.70. The normalized spacial score (nSPS) is 11.2. The third-order valence-electron chi connectivity index (χ3n) is 6.47. The van der Waals surface area contributed by atoms with E-state index in [9.17, 15) is 4.79 Å². The molecule has 4 nitrogen and oxygen atoms in total. The van der Waals surface area contributed by atoms with Gasteiger partial charge >= 0.3 is 0 Å². The van der Waals surface area contributed by atoms with E-state index in [0.717, 1.165) is 39.3 Å². The third kappa shape index (κ3) is 5.41. The van der Waals surface area contributed by atoms with E-state index < -0.39 is 0 Å². The monoisotopic (exact) mass is 560 g/mol. The standard InChI is InChI=1S/C34H22Cl2N2O2/c35-28-17-14-26(21-29(28)36)33-19-20-34(40-33)32(39)18-13-23-11-15-27(16-12-23)38-31(25-9-5-2-6-10-25)22-30(37-38)24-7-3-1-4-8-24/h1-22H. The van der Waals surface area contributed by atoms with E-state index in [2.05, 4.69) is 30.3 Å². The van der Waals surface area contributed by atoms with Gasteiger partial charge in [0, 0.05) is 16.7 Å². The second kappa shape index (κ2) is 11.2. The van der Waals surface area contributed by atoms with E-state index in [1.54, 1.807) is 36.4 Å². The van der Waals surface area contributed by atoms with Crippen LogP contribution in [-0.4, -0.2) is 15.6 Å². The minimum Gasteiger partial charge on any atom is -0.453 e. The second-order valence-electron chi connectivity index (χ2n) is 9.14. The van der Waals surface area contributed by atoms with Gasteiger partial charge in [-0.3, -0.25) is 4.79 Å². The molecule has 0 aliphatic carbocycles. The van der Waals surface area contributed by atoms with Gasteiger partial charge in [-0.2, -0.15) is 5.10 Å².